The Hall–Kier alpha value is -3.90. The van der Waals surface area contributed by atoms with E-state index in [2.05, 4.69) is 4.74 Å². The summed E-state index contributed by atoms with van der Waals surface area (Å²) in [4.78, 5) is 38.4. The number of esters is 2. The van der Waals surface area contributed by atoms with Gasteiger partial charge in [0, 0.05) is 11.4 Å². The molecule has 5 nitrogen and oxygen atoms in total. The summed E-state index contributed by atoms with van der Waals surface area (Å²) in [6, 6.07) is 27.0. The first-order valence-corrected chi connectivity index (χ1v) is 13.7. The van der Waals surface area contributed by atoms with Crippen LogP contribution in [0, 0.1) is 5.92 Å². The van der Waals surface area contributed by atoms with Crippen molar-refractivity contribution in [2.75, 3.05) is 14.2 Å². The number of ketones is 1. The highest BCUT2D eigenvalue weighted by Gasteiger charge is 2.44. The summed E-state index contributed by atoms with van der Waals surface area (Å²) in [6.45, 7) is -2.18. The third kappa shape index (κ3) is 6.40. The first-order chi connectivity index (χ1) is 18.6. The summed E-state index contributed by atoms with van der Waals surface area (Å²) in [5.74, 6) is -4.83. The second-order valence-electron chi connectivity index (χ2n) is 8.60. The molecule has 0 saturated heterocycles. The van der Waals surface area contributed by atoms with Gasteiger partial charge in [-0.25, -0.2) is 9.59 Å². The summed E-state index contributed by atoms with van der Waals surface area (Å²) in [5.41, 5.74) is -1.39. The molecule has 0 aliphatic carbocycles. The third-order valence-corrected chi connectivity index (χ3v) is 10.7. The molecule has 0 saturated carbocycles. The van der Waals surface area contributed by atoms with E-state index in [-0.39, 0.29) is 11.4 Å². The van der Waals surface area contributed by atoms with Gasteiger partial charge in [0.05, 0.1) is 25.7 Å². The zero-order chi connectivity index (χ0) is 28.6. The summed E-state index contributed by atoms with van der Waals surface area (Å²) in [5, 5.41) is 2.08. The molecule has 0 bridgehead atoms. The predicted octanol–water partition coefficient (Wildman–Crippen LogP) is 4.58. The van der Waals surface area contributed by atoms with E-state index >= 15 is 0 Å². The Kier molecular flexibility index (Phi) is 9.71. The molecule has 0 spiro atoms. The van der Waals surface area contributed by atoms with Crippen LogP contribution < -0.4 is 15.9 Å². The van der Waals surface area contributed by atoms with Crippen molar-refractivity contribution in [3.8, 4) is 0 Å². The van der Waals surface area contributed by atoms with E-state index < -0.39 is 48.7 Å². The van der Waals surface area contributed by atoms with Gasteiger partial charge in [-0.2, -0.15) is 13.2 Å². The normalized spacial score (nSPS) is 12.8. The molecule has 1 unspecified atom stereocenters. The van der Waals surface area contributed by atoms with Gasteiger partial charge < -0.3 is 9.47 Å². The van der Waals surface area contributed by atoms with Gasteiger partial charge in [0.2, 0.25) is 0 Å². The Morgan fingerprint density at radius 3 is 1.49 bits per heavy atom. The highest BCUT2D eigenvalue weighted by molar-refractivity contribution is 7.96. The molecule has 3 aromatic rings. The van der Waals surface area contributed by atoms with Crippen molar-refractivity contribution in [3.05, 3.63) is 103 Å². The van der Waals surface area contributed by atoms with Crippen LogP contribution in [0.4, 0.5) is 13.2 Å². The molecule has 3 rings (SSSR count). The number of carbonyl (C=O) groups excluding carboxylic acids is 3. The Morgan fingerprint density at radius 1 is 0.769 bits per heavy atom. The van der Waals surface area contributed by atoms with Gasteiger partial charge in [-0.15, -0.1) is 0 Å². The highest BCUT2D eigenvalue weighted by atomic mass is 31.2. The fourth-order valence-corrected chi connectivity index (χ4v) is 9.09. The Bertz CT molecular complexity index is 1300. The summed E-state index contributed by atoms with van der Waals surface area (Å²) >= 11 is 0. The Balaban J connectivity index is 2.56. The fourth-order valence-electron chi connectivity index (χ4n) is 4.58. The minimum Gasteiger partial charge on any atom is -0.466 e. The smallest absolute Gasteiger partial charge is 0.413 e. The molecule has 0 N–H and O–H groups in total. The Labute approximate surface area is 225 Å². The van der Waals surface area contributed by atoms with Crippen molar-refractivity contribution < 1.29 is 37.0 Å². The third-order valence-electron chi connectivity index (χ3n) is 6.32. The van der Waals surface area contributed by atoms with Gasteiger partial charge in [-0.05, 0) is 36.1 Å². The number of hydrogen-bond donors (Lipinski definition) is 0. The molecule has 0 aliphatic heterocycles. The standard InChI is InChI=1S/C30H28F3O5P/c1-21(34)25(26(30(31,32)33)20-28(35)37-2)19-27(29(36)38-3)39(22-13-7-4-8-14-22,23-15-9-5-10-16-23)24-17-11-6-12-18-24/h4-18,20,25H,19H2,1-3H3. The van der Waals surface area contributed by atoms with Gasteiger partial charge in [-0.3, -0.25) is 4.79 Å². The van der Waals surface area contributed by atoms with Crippen molar-refractivity contribution in [1.82, 2.24) is 0 Å². The summed E-state index contributed by atoms with van der Waals surface area (Å²) < 4.78 is 52.5. The molecular weight excluding hydrogens is 528 g/mol. The summed E-state index contributed by atoms with van der Waals surface area (Å²) in [7, 11) is 2.09. The van der Waals surface area contributed by atoms with Crippen molar-refractivity contribution in [1.29, 1.82) is 0 Å². The number of alkyl halides is 3. The van der Waals surface area contributed by atoms with Gasteiger partial charge in [0.15, 0.2) is 0 Å². The second kappa shape index (κ2) is 12.8. The molecular formula is C30H28F3O5P. The first kappa shape index (κ1) is 29.7. The van der Waals surface area contributed by atoms with Crippen LogP contribution in [0.15, 0.2) is 103 Å². The first-order valence-electron chi connectivity index (χ1n) is 11.9. The van der Waals surface area contributed by atoms with E-state index in [1.165, 1.54) is 0 Å². The lowest BCUT2D eigenvalue weighted by molar-refractivity contribution is -0.136. The average Bonchev–Trinajstić information content (AvgIpc) is 2.94. The molecule has 0 amide bonds. The zero-order valence-corrected chi connectivity index (χ0v) is 22.5. The van der Waals surface area contributed by atoms with Gasteiger partial charge in [0.1, 0.15) is 5.78 Å². The zero-order valence-electron chi connectivity index (χ0n) is 21.6. The van der Waals surface area contributed by atoms with E-state index in [4.69, 9.17) is 4.74 Å². The van der Waals surface area contributed by atoms with Crippen molar-refractivity contribution in [3.63, 3.8) is 0 Å². The Morgan fingerprint density at radius 2 is 1.18 bits per heavy atom. The van der Waals surface area contributed by atoms with E-state index in [9.17, 15) is 27.6 Å². The molecule has 0 heterocycles. The van der Waals surface area contributed by atoms with Gasteiger partial charge in [-0.1, -0.05) is 91.0 Å². The number of rotatable bonds is 9. The minimum atomic E-state index is -5.04. The van der Waals surface area contributed by atoms with Crippen molar-refractivity contribution in [2.45, 2.75) is 19.5 Å². The van der Waals surface area contributed by atoms with Crippen molar-refractivity contribution >= 4 is 45.8 Å². The summed E-state index contributed by atoms with van der Waals surface area (Å²) in [6.07, 6.45) is -5.40. The van der Waals surface area contributed by atoms with E-state index in [1.807, 2.05) is 36.4 Å². The molecule has 204 valence electrons. The van der Waals surface area contributed by atoms with Crippen LogP contribution in [0.25, 0.3) is 0 Å². The largest absolute Gasteiger partial charge is 0.466 e. The SMILES string of the molecule is COC(=O)C=C(C(CC(C(=O)OC)=P(c1ccccc1)(c1ccccc1)c1ccccc1)C(C)=O)C(F)(F)F. The number of ether oxygens (including phenoxy) is 2. The number of benzene rings is 3. The number of Topliss-reactive ketones (excluding diaryl/α,β-unsaturated/α-hetero) is 1. The number of methoxy groups -OCH3 is 2. The lowest BCUT2D eigenvalue weighted by atomic mass is 9.89. The highest BCUT2D eigenvalue weighted by Crippen LogP contribution is 2.48. The number of halogens is 3. The quantitative estimate of drug-likeness (QED) is 0.219. The van der Waals surface area contributed by atoms with Crippen LogP contribution in [0.2, 0.25) is 0 Å². The van der Waals surface area contributed by atoms with Gasteiger partial charge >= 0.3 is 18.1 Å². The molecule has 0 radical (unpaired) electrons. The molecule has 1 atom stereocenters. The lowest BCUT2D eigenvalue weighted by Crippen LogP contribution is -2.37. The van der Waals surface area contributed by atoms with E-state index in [0.29, 0.717) is 15.9 Å². The maximum absolute atomic E-state index is 14.3. The van der Waals surface area contributed by atoms with Crippen LogP contribution in [0.3, 0.4) is 0 Å². The molecule has 3 aromatic carbocycles. The molecule has 39 heavy (non-hydrogen) atoms. The number of hydrogen-bond acceptors (Lipinski definition) is 5. The minimum absolute atomic E-state index is 0.00816. The maximum Gasteiger partial charge on any atom is 0.413 e. The van der Waals surface area contributed by atoms with Crippen LogP contribution >= 0.6 is 6.89 Å². The van der Waals surface area contributed by atoms with E-state index in [0.717, 1.165) is 21.1 Å². The van der Waals surface area contributed by atoms with Crippen LogP contribution in [0.1, 0.15) is 13.3 Å². The molecule has 9 heteroatoms. The average molecular weight is 557 g/mol. The number of carbonyl (C=O) groups is 3. The second-order valence-corrected chi connectivity index (χ2v) is 12.0. The van der Waals surface area contributed by atoms with Crippen LogP contribution in [-0.4, -0.2) is 43.4 Å². The predicted molar refractivity (Wildman–Crippen MR) is 147 cm³/mol. The molecule has 0 aliphatic rings. The molecule has 0 fully saturated rings. The fraction of sp³-hybridized carbons (Fsp3) is 0.200. The lowest BCUT2D eigenvalue weighted by Gasteiger charge is -2.33. The van der Waals surface area contributed by atoms with Gasteiger partial charge in [0.25, 0.3) is 0 Å². The number of allylic oxidation sites excluding steroid dienone is 1. The molecule has 0 aromatic heterocycles. The van der Waals surface area contributed by atoms with Crippen molar-refractivity contribution in [2.24, 2.45) is 5.92 Å². The monoisotopic (exact) mass is 556 g/mol. The van der Waals surface area contributed by atoms with Crippen LogP contribution in [-0.2, 0) is 23.9 Å². The topological polar surface area (TPSA) is 69.7 Å². The van der Waals surface area contributed by atoms with Crippen LogP contribution in [0.5, 0.6) is 0 Å². The van der Waals surface area contributed by atoms with E-state index in [1.54, 1.807) is 54.6 Å². The maximum atomic E-state index is 14.3.